The highest BCUT2D eigenvalue weighted by molar-refractivity contribution is 5.77. The first-order valence-corrected chi connectivity index (χ1v) is 11.6. The van der Waals surface area contributed by atoms with Crippen LogP contribution in [0.2, 0.25) is 0 Å². The van der Waals surface area contributed by atoms with Gasteiger partial charge >= 0.3 is 23.9 Å². The molecule has 0 saturated carbocycles. The summed E-state index contributed by atoms with van der Waals surface area (Å²) >= 11 is 0. The molecule has 1 unspecified atom stereocenters. The van der Waals surface area contributed by atoms with Crippen molar-refractivity contribution in [2.24, 2.45) is 5.41 Å². The van der Waals surface area contributed by atoms with Gasteiger partial charge in [-0.25, -0.2) is 0 Å². The van der Waals surface area contributed by atoms with Crippen molar-refractivity contribution in [2.45, 2.75) is 85.8 Å². The summed E-state index contributed by atoms with van der Waals surface area (Å²) in [4.78, 5) is 47.8. The monoisotopic (exact) mass is 479 g/mol. The molecule has 0 aliphatic carbocycles. The van der Waals surface area contributed by atoms with Crippen LogP contribution >= 0.6 is 0 Å². The molecule has 0 aromatic heterocycles. The van der Waals surface area contributed by atoms with Crippen LogP contribution in [0.1, 0.15) is 72.8 Å². The van der Waals surface area contributed by atoms with Crippen molar-refractivity contribution in [3.8, 4) is 11.5 Å². The van der Waals surface area contributed by atoms with Gasteiger partial charge in [-0.3, -0.25) is 19.2 Å². The number of carbonyl (C=O) groups is 4. The van der Waals surface area contributed by atoms with Crippen LogP contribution in [0.3, 0.4) is 0 Å². The number of carboxylic acid groups (broad SMARTS) is 1. The number of carboxylic acids is 1. The Bertz CT molecular complexity index is 859. The molecule has 0 aliphatic rings. The van der Waals surface area contributed by atoms with Crippen molar-refractivity contribution in [1.82, 2.24) is 5.32 Å². The van der Waals surface area contributed by atoms with Crippen molar-refractivity contribution < 1.29 is 38.5 Å². The average Bonchev–Trinajstić information content (AvgIpc) is 2.72. The van der Waals surface area contributed by atoms with Gasteiger partial charge in [0.25, 0.3) is 0 Å². The smallest absolute Gasteiger partial charge is 0.321 e. The Morgan fingerprint density at radius 1 is 0.971 bits per heavy atom. The highest BCUT2D eigenvalue weighted by Gasteiger charge is 2.26. The summed E-state index contributed by atoms with van der Waals surface area (Å²) < 4.78 is 16.1. The van der Waals surface area contributed by atoms with E-state index in [1.807, 2.05) is 13.8 Å². The molecule has 34 heavy (non-hydrogen) atoms. The molecule has 0 fully saturated rings. The van der Waals surface area contributed by atoms with E-state index in [-0.39, 0.29) is 43.3 Å². The Balaban J connectivity index is 2.96. The normalized spacial score (nSPS) is 13.0. The third-order valence-corrected chi connectivity index (χ3v) is 4.67. The molecule has 0 bridgehead atoms. The van der Waals surface area contributed by atoms with Gasteiger partial charge in [-0.1, -0.05) is 19.9 Å². The number of hydrogen-bond donors (Lipinski definition) is 2. The van der Waals surface area contributed by atoms with E-state index in [2.05, 4.69) is 5.32 Å². The van der Waals surface area contributed by atoms with Gasteiger partial charge in [0.2, 0.25) is 0 Å². The van der Waals surface area contributed by atoms with Crippen LogP contribution in [0, 0.1) is 5.41 Å². The molecular formula is C25H37NO8. The Labute approximate surface area is 201 Å². The van der Waals surface area contributed by atoms with Gasteiger partial charge in [-0.05, 0) is 64.7 Å². The molecule has 0 aliphatic heterocycles. The van der Waals surface area contributed by atoms with Crippen LogP contribution in [0.25, 0.3) is 0 Å². The summed E-state index contributed by atoms with van der Waals surface area (Å²) in [6.07, 6.45) is 1.14. The summed E-state index contributed by atoms with van der Waals surface area (Å²) in [5.74, 6) is -2.22. The van der Waals surface area contributed by atoms with E-state index in [9.17, 15) is 24.3 Å². The van der Waals surface area contributed by atoms with Gasteiger partial charge in [-0.15, -0.1) is 0 Å². The summed E-state index contributed by atoms with van der Waals surface area (Å²) in [6, 6.07) is 3.63. The summed E-state index contributed by atoms with van der Waals surface area (Å²) in [5, 5.41) is 12.5. The van der Waals surface area contributed by atoms with Crippen LogP contribution < -0.4 is 14.8 Å². The van der Waals surface area contributed by atoms with E-state index in [0.717, 1.165) is 0 Å². The van der Waals surface area contributed by atoms with E-state index in [4.69, 9.17) is 14.2 Å². The largest absolute Gasteiger partial charge is 0.480 e. The Hall–Kier alpha value is -2.94. The average molecular weight is 480 g/mol. The molecule has 0 radical (unpaired) electrons. The minimum Gasteiger partial charge on any atom is -0.480 e. The van der Waals surface area contributed by atoms with Crippen LogP contribution in [-0.4, -0.2) is 47.7 Å². The van der Waals surface area contributed by atoms with Gasteiger partial charge in [0.15, 0.2) is 11.5 Å². The number of ether oxygens (including phenoxy) is 3. The Morgan fingerprint density at radius 3 is 2.03 bits per heavy atom. The molecule has 0 heterocycles. The van der Waals surface area contributed by atoms with Crippen LogP contribution in [-0.2, 0) is 30.3 Å². The van der Waals surface area contributed by atoms with Crippen molar-refractivity contribution in [1.29, 1.82) is 0 Å². The maximum Gasteiger partial charge on any atom is 0.321 e. The number of benzene rings is 1. The number of esters is 3. The second-order valence-electron chi connectivity index (χ2n) is 9.20. The molecule has 1 rings (SSSR count). The Kier molecular flexibility index (Phi) is 11.7. The first-order chi connectivity index (χ1) is 15.9. The maximum atomic E-state index is 12.0. The molecular weight excluding hydrogens is 442 g/mol. The molecule has 1 aromatic carbocycles. The fourth-order valence-corrected chi connectivity index (χ4v) is 2.79. The minimum atomic E-state index is -1.09. The molecule has 0 amide bonds. The van der Waals surface area contributed by atoms with Crippen molar-refractivity contribution in [3.05, 3.63) is 23.8 Å². The summed E-state index contributed by atoms with van der Waals surface area (Å²) in [6.45, 7) is 10.7. The van der Waals surface area contributed by atoms with E-state index >= 15 is 0 Å². The zero-order valence-electron chi connectivity index (χ0n) is 20.9. The standard InChI is InChI=1S/C25H37NO8/c1-7-9-21(27)33-19-12-11-17(14-20(19)34-22(28)10-8-2)13-18(23(29)30)26-15-16(3)32-24(31)25(4,5)6/h11-12,14,16,18,26H,7-10,13,15H2,1-6H3,(H,29,30)/t16?,18-/m0/s1. The highest BCUT2D eigenvalue weighted by Crippen LogP contribution is 2.30. The molecule has 2 N–H and O–H groups in total. The van der Waals surface area contributed by atoms with E-state index < -0.39 is 35.5 Å². The lowest BCUT2D eigenvalue weighted by Crippen LogP contribution is -2.43. The molecule has 0 spiro atoms. The van der Waals surface area contributed by atoms with E-state index in [1.54, 1.807) is 33.8 Å². The zero-order valence-corrected chi connectivity index (χ0v) is 20.9. The second kappa shape index (κ2) is 13.7. The first kappa shape index (κ1) is 29.1. The fraction of sp³-hybridized carbons (Fsp3) is 0.600. The molecule has 2 atom stereocenters. The van der Waals surface area contributed by atoms with Gasteiger partial charge in [-0.2, -0.15) is 0 Å². The SMILES string of the molecule is CCCC(=O)Oc1ccc(C[C@H](NCC(C)OC(=O)C(C)(C)C)C(=O)O)cc1OC(=O)CCC. The van der Waals surface area contributed by atoms with Crippen molar-refractivity contribution in [2.75, 3.05) is 6.54 Å². The van der Waals surface area contributed by atoms with Gasteiger partial charge in [0.05, 0.1) is 5.41 Å². The third kappa shape index (κ3) is 10.3. The second-order valence-corrected chi connectivity index (χ2v) is 9.20. The minimum absolute atomic E-state index is 0.0663. The fourth-order valence-electron chi connectivity index (χ4n) is 2.79. The van der Waals surface area contributed by atoms with Gasteiger partial charge in [0.1, 0.15) is 12.1 Å². The lowest BCUT2D eigenvalue weighted by molar-refractivity contribution is -0.157. The number of carbonyl (C=O) groups excluding carboxylic acids is 3. The van der Waals surface area contributed by atoms with Crippen LogP contribution in [0.15, 0.2) is 18.2 Å². The topological polar surface area (TPSA) is 128 Å². The maximum absolute atomic E-state index is 12.0. The highest BCUT2D eigenvalue weighted by atomic mass is 16.6. The molecule has 9 nitrogen and oxygen atoms in total. The third-order valence-electron chi connectivity index (χ3n) is 4.67. The molecule has 0 saturated heterocycles. The lowest BCUT2D eigenvalue weighted by Gasteiger charge is -2.23. The Morgan fingerprint density at radius 2 is 1.53 bits per heavy atom. The number of aliphatic carboxylic acids is 1. The van der Waals surface area contributed by atoms with Gasteiger partial charge < -0.3 is 24.6 Å². The number of nitrogens with one attached hydrogen (secondary N) is 1. The quantitative estimate of drug-likeness (QED) is 0.322. The molecule has 9 heteroatoms. The van der Waals surface area contributed by atoms with E-state index in [1.165, 1.54) is 12.1 Å². The van der Waals surface area contributed by atoms with Crippen molar-refractivity contribution >= 4 is 23.9 Å². The number of rotatable bonds is 13. The summed E-state index contributed by atoms with van der Waals surface area (Å²) in [7, 11) is 0. The predicted octanol–water partition coefficient (Wildman–Crippen LogP) is 3.66. The predicted molar refractivity (Wildman–Crippen MR) is 126 cm³/mol. The molecule has 190 valence electrons. The lowest BCUT2D eigenvalue weighted by atomic mass is 9.97. The number of hydrogen-bond acceptors (Lipinski definition) is 8. The first-order valence-electron chi connectivity index (χ1n) is 11.6. The van der Waals surface area contributed by atoms with E-state index in [0.29, 0.717) is 18.4 Å². The molecule has 1 aromatic rings. The van der Waals surface area contributed by atoms with Crippen LogP contribution in [0.5, 0.6) is 11.5 Å². The van der Waals surface area contributed by atoms with Gasteiger partial charge in [0, 0.05) is 19.4 Å². The summed E-state index contributed by atoms with van der Waals surface area (Å²) in [5.41, 5.74) is -0.0946. The van der Waals surface area contributed by atoms with Crippen molar-refractivity contribution in [3.63, 3.8) is 0 Å². The van der Waals surface area contributed by atoms with Crippen LogP contribution in [0.4, 0.5) is 0 Å². The zero-order chi connectivity index (χ0) is 25.9.